The largest absolute Gasteiger partial charge is 0.481 e. The van der Waals surface area contributed by atoms with Crippen LogP contribution >= 0.6 is 0 Å². The average molecular weight is 487 g/mol. The van der Waals surface area contributed by atoms with Crippen molar-refractivity contribution in [3.63, 3.8) is 0 Å². The van der Waals surface area contributed by atoms with Crippen molar-refractivity contribution < 1.29 is 29.1 Å². The maximum Gasteiger partial charge on any atom is 0.303 e. The van der Waals surface area contributed by atoms with Crippen molar-refractivity contribution in [2.75, 3.05) is 32.1 Å². The van der Waals surface area contributed by atoms with Crippen LogP contribution in [0.5, 0.6) is 0 Å². The first-order valence-electron chi connectivity index (χ1n) is 11.9. The average Bonchev–Trinajstić information content (AvgIpc) is 3.37. The summed E-state index contributed by atoms with van der Waals surface area (Å²) in [7, 11) is 3.81. The van der Waals surface area contributed by atoms with Crippen LogP contribution in [0.4, 0.5) is 5.69 Å². The molecule has 3 rings (SSSR count). The molecule has 10 heteroatoms. The number of amides is 3. The zero-order chi connectivity index (χ0) is 25.9. The molecule has 3 amide bonds. The molecule has 0 aliphatic carbocycles. The first kappa shape index (κ1) is 26.2. The second-order valence-corrected chi connectivity index (χ2v) is 9.81. The third-order valence-electron chi connectivity index (χ3n) is 6.53. The topological polar surface area (TPSA) is 127 Å². The minimum atomic E-state index is -1.08. The van der Waals surface area contributed by atoms with Crippen LogP contribution in [0.15, 0.2) is 24.3 Å². The summed E-state index contributed by atoms with van der Waals surface area (Å²) in [4.78, 5) is 67.4. The third-order valence-corrected chi connectivity index (χ3v) is 6.53. The summed E-state index contributed by atoms with van der Waals surface area (Å²) >= 11 is 0. The van der Waals surface area contributed by atoms with Gasteiger partial charge in [-0.25, -0.2) is 0 Å². The number of carboxylic acids is 1. The molecular weight excluding hydrogens is 452 g/mol. The maximum absolute atomic E-state index is 13.5. The van der Waals surface area contributed by atoms with Gasteiger partial charge in [-0.05, 0) is 43.0 Å². The van der Waals surface area contributed by atoms with Crippen molar-refractivity contribution >= 4 is 35.2 Å². The Balaban J connectivity index is 1.73. The van der Waals surface area contributed by atoms with Gasteiger partial charge in [0, 0.05) is 38.3 Å². The number of carbonyl (C=O) groups excluding carboxylic acids is 4. The van der Waals surface area contributed by atoms with Crippen LogP contribution in [-0.4, -0.2) is 89.7 Å². The molecule has 0 radical (unpaired) electrons. The molecule has 35 heavy (non-hydrogen) atoms. The van der Waals surface area contributed by atoms with Gasteiger partial charge in [0.25, 0.3) is 5.91 Å². The molecule has 2 saturated heterocycles. The van der Waals surface area contributed by atoms with E-state index in [0.717, 1.165) is 5.69 Å². The quantitative estimate of drug-likeness (QED) is 0.536. The lowest BCUT2D eigenvalue weighted by Gasteiger charge is -2.29. The molecule has 1 aromatic carbocycles. The Morgan fingerprint density at radius 2 is 1.74 bits per heavy atom. The van der Waals surface area contributed by atoms with Gasteiger partial charge in [0.1, 0.15) is 12.1 Å². The minimum Gasteiger partial charge on any atom is -0.481 e. The summed E-state index contributed by atoms with van der Waals surface area (Å²) in [6.45, 7) is 4.07. The maximum atomic E-state index is 13.5. The summed E-state index contributed by atoms with van der Waals surface area (Å²) in [5.41, 5.74) is 1.38. The van der Waals surface area contributed by atoms with Crippen LogP contribution in [0.2, 0.25) is 0 Å². The Labute approximate surface area is 205 Å². The summed E-state index contributed by atoms with van der Waals surface area (Å²) < 4.78 is 0. The molecular formula is C25H34N4O6. The highest BCUT2D eigenvalue weighted by Gasteiger charge is 2.52. The molecule has 0 saturated carbocycles. The summed E-state index contributed by atoms with van der Waals surface area (Å²) in [6.07, 6.45) is 0.360. The van der Waals surface area contributed by atoms with Crippen LogP contribution in [0.25, 0.3) is 0 Å². The number of fused-ring (bicyclic) bond motifs is 1. The summed E-state index contributed by atoms with van der Waals surface area (Å²) in [5, 5.41) is 11.7. The lowest BCUT2D eigenvalue weighted by Crippen LogP contribution is -2.53. The van der Waals surface area contributed by atoms with Gasteiger partial charge in [-0.2, -0.15) is 0 Å². The number of Topliss-reactive ketones (excluding diaryl/α,β-unsaturated/α-hetero) is 1. The van der Waals surface area contributed by atoms with Gasteiger partial charge in [0.05, 0.1) is 19.0 Å². The van der Waals surface area contributed by atoms with E-state index in [2.05, 4.69) is 5.32 Å². The highest BCUT2D eigenvalue weighted by Crippen LogP contribution is 2.31. The van der Waals surface area contributed by atoms with E-state index < -0.39 is 30.0 Å². The third kappa shape index (κ3) is 5.98. The number of rotatable bonds is 9. The number of carbonyl (C=O) groups is 5. The fourth-order valence-corrected chi connectivity index (χ4v) is 4.79. The molecule has 2 aliphatic heterocycles. The molecule has 2 N–H and O–H groups in total. The van der Waals surface area contributed by atoms with Gasteiger partial charge >= 0.3 is 5.97 Å². The predicted octanol–water partition coefficient (Wildman–Crippen LogP) is 1.14. The Kier molecular flexibility index (Phi) is 8.14. The predicted molar refractivity (Wildman–Crippen MR) is 129 cm³/mol. The van der Waals surface area contributed by atoms with Gasteiger partial charge in [0.15, 0.2) is 5.78 Å². The van der Waals surface area contributed by atoms with Crippen LogP contribution < -0.4 is 10.2 Å². The number of ketones is 1. The molecule has 3 atom stereocenters. The second kappa shape index (κ2) is 10.9. The number of anilines is 1. The van der Waals surface area contributed by atoms with E-state index in [9.17, 15) is 24.0 Å². The van der Waals surface area contributed by atoms with Gasteiger partial charge in [-0.1, -0.05) is 13.8 Å². The number of aliphatic carboxylic acids is 1. The van der Waals surface area contributed by atoms with E-state index in [0.29, 0.717) is 24.9 Å². The summed E-state index contributed by atoms with van der Waals surface area (Å²) in [6, 6.07) is 5.03. The van der Waals surface area contributed by atoms with Crippen molar-refractivity contribution in [1.82, 2.24) is 15.1 Å². The SMILES string of the molecule is CC(C)CC(NC(=O)c1ccc(N(C)C)cc1)C(=O)N1CC[C@@H]2[C@H]1C(=O)CN2C(=O)CCC(=O)O. The van der Waals surface area contributed by atoms with E-state index in [4.69, 9.17) is 5.11 Å². The van der Waals surface area contributed by atoms with Crippen LogP contribution in [0.1, 0.15) is 49.9 Å². The van der Waals surface area contributed by atoms with E-state index in [1.165, 1.54) is 9.80 Å². The Morgan fingerprint density at radius 1 is 1.09 bits per heavy atom. The van der Waals surface area contributed by atoms with Crippen LogP contribution in [0.3, 0.4) is 0 Å². The fourth-order valence-electron chi connectivity index (χ4n) is 4.79. The van der Waals surface area contributed by atoms with Gasteiger partial charge < -0.3 is 25.1 Å². The zero-order valence-corrected chi connectivity index (χ0v) is 20.7. The molecule has 0 bridgehead atoms. The number of benzene rings is 1. The standard InChI is InChI=1S/C25H34N4O6/c1-15(2)13-18(26-24(34)16-5-7-17(8-6-16)27(3)4)25(35)28-12-11-19-23(28)20(30)14-29(19)21(31)9-10-22(32)33/h5-8,15,18-19,23H,9-14H2,1-4H3,(H,26,34)(H,32,33)/t18?,19-,23+/m1/s1. The second-order valence-electron chi connectivity index (χ2n) is 9.81. The number of carboxylic acid groups (broad SMARTS) is 1. The molecule has 190 valence electrons. The highest BCUT2D eigenvalue weighted by atomic mass is 16.4. The Morgan fingerprint density at radius 3 is 2.31 bits per heavy atom. The molecule has 10 nitrogen and oxygen atoms in total. The van der Waals surface area contributed by atoms with E-state index in [1.807, 2.05) is 45.0 Å². The minimum absolute atomic E-state index is 0.118. The fraction of sp³-hybridized carbons (Fsp3) is 0.560. The molecule has 0 aromatic heterocycles. The molecule has 2 fully saturated rings. The van der Waals surface area contributed by atoms with Crippen LogP contribution in [-0.2, 0) is 19.2 Å². The van der Waals surface area contributed by atoms with Crippen molar-refractivity contribution in [1.29, 1.82) is 0 Å². The smallest absolute Gasteiger partial charge is 0.303 e. The molecule has 1 unspecified atom stereocenters. The summed E-state index contributed by atoms with van der Waals surface area (Å²) in [5.74, 6) is -2.29. The molecule has 1 aromatic rings. The lowest BCUT2D eigenvalue weighted by molar-refractivity contribution is -0.141. The van der Waals surface area contributed by atoms with E-state index in [1.54, 1.807) is 12.1 Å². The first-order chi connectivity index (χ1) is 16.5. The number of hydrogen-bond donors (Lipinski definition) is 2. The van der Waals surface area contributed by atoms with Crippen LogP contribution in [0, 0.1) is 5.92 Å². The van der Waals surface area contributed by atoms with Gasteiger partial charge in [-0.3, -0.25) is 24.0 Å². The number of nitrogens with one attached hydrogen (secondary N) is 1. The van der Waals surface area contributed by atoms with Crippen molar-refractivity contribution in [3.8, 4) is 0 Å². The Hall–Kier alpha value is -3.43. The van der Waals surface area contributed by atoms with Crippen molar-refractivity contribution in [3.05, 3.63) is 29.8 Å². The zero-order valence-electron chi connectivity index (χ0n) is 20.7. The van der Waals surface area contributed by atoms with E-state index >= 15 is 0 Å². The van der Waals surface area contributed by atoms with Crippen molar-refractivity contribution in [2.24, 2.45) is 5.92 Å². The Bertz CT molecular complexity index is 990. The van der Waals surface area contributed by atoms with Gasteiger partial charge in [-0.15, -0.1) is 0 Å². The van der Waals surface area contributed by atoms with Gasteiger partial charge in [0.2, 0.25) is 11.8 Å². The molecule has 2 heterocycles. The van der Waals surface area contributed by atoms with E-state index in [-0.39, 0.29) is 42.9 Å². The first-order valence-corrected chi connectivity index (χ1v) is 11.9. The molecule has 2 aliphatic rings. The normalized spacial score (nSPS) is 20.1. The highest BCUT2D eigenvalue weighted by molar-refractivity contribution is 6.01. The number of hydrogen-bond acceptors (Lipinski definition) is 6. The number of nitrogens with zero attached hydrogens (tertiary/aromatic N) is 3. The molecule has 0 spiro atoms. The monoisotopic (exact) mass is 486 g/mol. The number of likely N-dealkylation sites (tertiary alicyclic amines) is 2. The van der Waals surface area contributed by atoms with Crippen molar-refractivity contribution in [2.45, 2.75) is 57.7 Å². The lowest BCUT2D eigenvalue weighted by atomic mass is 10.0.